The van der Waals surface area contributed by atoms with Gasteiger partial charge in [0.2, 0.25) is 10.0 Å². The molecule has 102 valence electrons. The fraction of sp³-hybridized carbons (Fsp3) is 0.182. The molecule has 5 nitrogen and oxygen atoms in total. The number of hydrogen-bond acceptors (Lipinski definition) is 3. The molecule has 0 aliphatic rings. The minimum Gasteiger partial charge on any atom is -0.285 e. The van der Waals surface area contributed by atoms with E-state index in [1.807, 2.05) is 0 Å². The first-order valence-corrected chi connectivity index (χ1v) is 6.74. The molecule has 1 heterocycles. The summed E-state index contributed by atoms with van der Waals surface area (Å²) in [7, 11) is -2.81. The van der Waals surface area contributed by atoms with Gasteiger partial charge in [-0.15, -0.1) is 0 Å². The summed E-state index contributed by atoms with van der Waals surface area (Å²) in [6.07, 6.45) is 2.97. The second kappa shape index (κ2) is 5.06. The Morgan fingerprint density at radius 1 is 1.37 bits per heavy atom. The SMILES string of the molecule is CN(Cc1cn[nH]c1)S(=O)(=O)c1cc(F)ccc1F. The molecule has 0 aliphatic carbocycles. The van der Waals surface area contributed by atoms with Crippen LogP contribution in [0.5, 0.6) is 0 Å². The number of H-pyrrole nitrogens is 1. The second-order valence-corrected chi connectivity index (χ2v) is 5.96. The molecule has 0 atom stereocenters. The standard InChI is InChI=1S/C11H11F2N3O2S/c1-16(7-8-5-14-15-6-8)19(17,18)11-4-9(12)2-3-10(11)13/h2-6H,7H2,1H3,(H,14,15). The van der Waals surface area contributed by atoms with Crippen LogP contribution in [-0.4, -0.2) is 30.0 Å². The number of aromatic nitrogens is 2. The van der Waals surface area contributed by atoms with E-state index in [1.54, 1.807) is 0 Å². The summed E-state index contributed by atoms with van der Waals surface area (Å²) in [6, 6.07) is 2.31. The molecule has 2 aromatic rings. The third-order valence-corrected chi connectivity index (χ3v) is 4.36. The van der Waals surface area contributed by atoms with E-state index in [4.69, 9.17) is 0 Å². The van der Waals surface area contributed by atoms with Crippen molar-refractivity contribution in [2.75, 3.05) is 7.05 Å². The van der Waals surface area contributed by atoms with Crippen molar-refractivity contribution >= 4 is 10.0 Å². The van der Waals surface area contributed by atoms with Crippen LogP contribution in [0.3, 0.4) is 0 Å². The van der Waals surface area contributed by atoms with Crippen LogP contribution in [0, 0.1) is 11.6 Å². The number of nitrogens with zero attached hydrogens (tertiary/aromatic N) is 2. The van der Waals surface area contributed by atoms with E-state index in [0.717, 1.165) is 16.4 Å². The van der Waals surface area contributed by atoms with E-state index in [1.165, 1.54) is 19.4 Å². The van der Waals surface area contributed by atoms with Crippen LogP contribution in [0.2, 0.25) is 0 Å². The van der Waals surface area contributed by atoms with Crippen LogP contribution in [0.25, 0.3) is 0 Å². The fourth-order valence-electron chi connectivity index (χ4n) is 1.55. The number of benzene rings is 1. The van der Waals surface area contributed by atoms with Gasteiger partial charge >= 0.3 is 0 Å². The Bertz CT molecular complexity index is 671. The Balaban J connectivity index is 2.33. The van der Waals surface area contributed by atoms with Crippen molar-refractivity contribution in [1.29, 1.82) is 0 Å². The smallest absolute Gasteiger partial charge is 0.246 e. The van der Waals surface area contributed by atoms with E-state index in [2.05, 4.69) is 10.2 Å². The van der Waals surface area contributed by atoms with Crippen LogP contribution >= 0.6 is 0 Å². The van der Waals surface area contributed by atoms with Gasteiger partial charge in [-0.2, -0.15) is 9.40 Å². The van der Waals surface area contributed by atoms with E-state index in [-0.39, 0.29) is 6.54 Å². The summed E-state index contributed by atoms with van der Waals surface area (Å²) < 4.78 is 51.7. The maximum atomic E-state index is 13.5. The van der Waals surface area contributed by atoms with Crippen molar-refractivity contribution in [1.82, 2.24) is 14.5 Å². The van der Waals surface area contributed by atoms with Crippen molar-refractivity contribution in [2.45, 2.75) is 11.4 Å². The van der Waals surface area contributed by atoms with Crippen molar-refractivity contribution in [3.63, 3.8) is 0 Å². The highest BCUT2D eigenvalue weighted by Gasteiger charge is 2.25. The maximum absolute atomic E-state index is 13.5. The Morgan fingerprint density at radius 2 is 2.11 bits per heavy atom. The van der Waals surface area contributed by atoms with Gasteiger partial charge in [0.05, 0.1) is 6.20 Å². The first kappa shape index (κ1) is 13.6. The van der Waals surface area contributed by atoms with Gasteiger partial charge in [0.25, 0.3) is 0 Å². The Hall–Kier alpha value is -1.80. The molecular formula is C11H11F2N3O2S. The topological polar surface area (TPSA) is 66.1 Å². The summed E-state index contributed by atoms with van der Waals surface area (Å²) in [5.41, 5.74) is 0.614. The molecule has 0 fully saturated rings. The average molecular weight is 287 g/mol. The monoisotopic (exact) mass is 287 g/mol. The zero-order chi connectivity index (χ0) is 14.0. The zero-order valence-electron chi connectivity index (χ0n) is 9.97. The highest BCUT2D eigenvalue weighted by atomic mass is 32.2. The molecule has 0 saturated carbocycles. The number of aromatic amines is 1. The molecule has 1 aromatic carbocycles. The predicted molar refractivity (Wildman–Crippen MR) is 63.6 cm³/mol. The first-order valence-electron chi connectivity index (χ1n) is 5.30. The van der Waals surface area contributed by atoms with Crippen molar-refractivity contribution in [3.8, 4) is 0 Å². The molecule has 19 heavy (non-hydrogen) atoms. The minimum atomic E-state index is -4.09. The number of rotatable bonds is 4. The quantitative estimate of drug-likeness (QED) is 0.927. The summed E-state index contributed by atoms with van der Waals surface area (Å²) in [6.45, 7) is 0.00872. The van der Waals surface area contributed by atoms with Gasteiger partial charge in [0, 0.05) is 25.4 Å². The summed E-state index contributed by atoms with van der Waals surface area (Å²) in [5.74, 6) is -1.79. The molecule has 0 spiro atoms. The normalized spacial score (nSPS) is 12.0. The van der Waals surface area contributed by atoms with E-state index < -0.39 is 26.6 Å². The van der Waals surface area contributed by atoms with Crippen molar-refractivity contribution in [3.05, 3.63) is 47.8 Å². The highest BCUT2D eigenvalue weighted by Crippen LogP contribution is 2.20. The van der Waals surface area contributed by atoms with Crippen molar-refractivity contribution in [2.24, 2.45) is 0 Å². The van der Waals surface area contributed by atoms with Crippen LogP contribution in [0.1, 0.15) is 5.56 Å². The number of halogens is 2. The number of sulfonamides is 1. The molecule has 2 rings (SSSR count). The fourth-order valence-corrected chi connectivity index (χ4v) is 2.78. The number of nitrogens with one attached hydrogen (secondary N) is 1. The lowest BCUT2D eigenvalue weighted by molar-refractivity contribution is 0.458. The van der Waals surface area contributed by atoms with Gasteiger partial charge in [-0.05, 0) is 18.2 Å². The van der Waals surface area contributed by atoms with Crippen LogP contribution in [0.15, 0.2) is 35.5 Å². The molecular weight excluding hydrogens is 276 g/mol. The molecule has 1 aromatic heterocycles. The van der Waals surface area contributed by atoms with Crippen molar-refractivity contribution < 1.29 is 17.2 Å². The van der Waals surface area contributed by atoms with Crippen LogP contribution in [-0.2, 0) is 16.6 Å². The molecule has 0 saturated heterocycles. The Labute approximate surface area is 108 Å². The third-order valence-electron chi connectivity index (χ3n) is 2.54. The van der Waals surface area contributed by atoms with Gasteiger partial charge in [0.1, 0.15) is 16.5 Å². The largest absolute Gasteiger partial charge is 0.285 e. The lowest BCUT2D eigenvalue weighted by Gasteiger charge is -2.16. The minimum absolute atomic E-state index is 0.00872. The maximum Gasteiger partial charge on any atom is 0.246 e. The Kier molecular flexibility index (Phi) is 3.63. The average Bonchev–Trinajstić information content (AvgIpc) is 2.85. The lowest BCUT2D eigenvalue weighted by Crippen LogP contribution is -2.27. The highest BCUT2D eigenvalue weighted by molar-refractivity contribution is 7.89. The van der Waals surface area contributed by atoms with E-state index in [9.17, 15) is 17.2 Å². The van der Waals surface area contributed by atoms with Gasteiger partial charge < -0.3 is 0 Å². The molecule has 0 unspecified atom stereocenters. The third kappa shape index (κ3) is 2.79. The van der Waals surface area contributed by atoms with Crippen LogP contribution in [0.4, 0.5) is 8.78 Å². The van der Waals surface area contributed by atoms with Gasteiger partial charge in [-0.1, -0.05) is 0 Å². The first-order chi connectivity index (χ1) is 8.91. The molecule has 0 aliphatic heterocycles. The number of hydrogen-bond donors (Lipinski definition) is 1. The summed E-state index contributed by atoms with van der Waals surface area (Å²) in [5, 5.41) is 6.22. The molecule has 1 N–H and O–H groups in total. The molecule has 0 bridgehead atoms. The van der Waals surface area contributed by atoms with Gasteiger partial charge in [-0.3, -0.25) is 5.10 Å². The Morgan fingerprint density at radius 3 is 2.74 bits per heavy atom. The molecule has 0 radical (unpaired) electrons. The van der Waals surface area contributed by atoms with Gasteiger partial charge in [0.15, 0.2) is 0 Å². The second-order valence-electron chi connectivity index (χ2n) is 3.94. The van der Waals surface area contributed by atoms with E-state index in [0.29, 0.717) is 11.6 Å². The van der Waals surface area contributed by atoms with E-state index >= 15 is 0 Å². The summed E-state index contributed by atoms with van der Waals surface area (Å²) >= 11 is 0. The molecule has 0 amide bonds. The zero-order valence-corrected chi connectivity index (χ0v) is 10.8. The van der Waals surface area contributed by atoms with Crippen LogP contribution < -0.4 is 0 Å². The summed E-state index contributed by atoms with van der Waals surface area (Å²) in [4.78, 5) is -0.682. The van der Waals surface area contributed by atoms with Gasteiger partial charge in [-0.25, -0.2) is 17.2 Å². The molecule has 8 heteroatoms. The lowest BCUT2D eigenvalue weighted by atomic mass is 10.3. The predicted octanol–water partition coefficient (Wildman–Crippen LogP) is 1.51.